The van der Waals surface area contributed by atoms with Gasteiger partial charge in [0.25, 0.3) is 5.91 Å². The molecule has 0 unspecified atom stereocenters. The van der Waals surface area contributed by atoms with Gasteiger partial charge in [0.15, 0.2) is 5.13 Å². The van der Waals surface area contributed by atoms with Crippen LogP contribution in [0.2, 0.25) is 0 Å². The number of aromatic nitrogens is 1. The zero-order valence-electron chi connectivity index (χ0n) is 15.1. The van der Waals surface area contributed by atoms with E-state index in [2.05, 4.69) is 36.9 Å². The van der Waals surface area contributed by atoms with Gasteiger partial charge in [0.1, 0.15) is 10.6 Å². The predicted molar refractivity (Wildman–Crippen MR) is 115 cm³/mol. The Morgan fingerprint density at radius 2 is 1.86 bits per heavy atom. The van der Waals surface area contributed by atoms with Gasteiger partial charge in [-0.2, -0.15) is 0 Å². The fourth-order valence-electron chi connectivity index (χ4n) is 2.41. The number of amides is 3. The summed E-state index contributed by atoms with van der Waals surface area (Å²) >= 11 is 4.47. The number of rotatable bonds is 5. The number of ether oxygens (including phenoxy) is 1. The maximum Gasteiger partial charge on any atom is 0.325 e. The van der Waals surface area contributed by atoms with Crippen molar-refractivity contribution in [3.05, 3.63) is 63.6 Å². The number of carbonyl (C=O) groups is 2. The highest BCUT2D eigenvalue weighted by atomic mass is 79.9. The maximum atomic E-state index is 12.5. The number of urea groups is 1. The van der Waals surface area contributed by atoms with Crippen LogP contribution < -0.4 is 20.7 Å². The quantitative estimate of drug-likeness (QED) is 0.492. The average Bonchev–Trinajstić information content (AvgIpc) is 3.02. The van der Waals surface area contributed by atoms with Gasteiger partial charge in [-0.25, -0.2) is 9.78 Å². The molecule has 3 rings (SSSR count). The zero-order chi connectivity index (χ0) is 20.1. The fraction of sp³-hybridized carbons (Fsp3) is 0.105. The van der Waals surface area contributed by atoms with Crippen molar-refractivity contribution in [1.29, 1.82) is 0 Å². The minimum absolute atomic E-state index is 0.286. The van der Waals surface area contributed by atoms with Crippen LogP contribution in [0.5, 0.6) is 5.75 Å². The molecule has 0 radical (unpaired) electrons. The van der Waals surface area contributed by atoms with Gasteiger partial charge >= 0.3 is 6.03 Å². The minimum atomic E-state index is -0.475. The molecule has 2 aromatic carbocycles. The molecular formula is C19H17BrN4O3S. The molecule has 0 saturated heterocycles. The summed E-state index contributed by atoms with van der Waals surface area (Å²) in [6.45, 7) is 1.72. The Morgan fingerprint density at radius 3 is 2.61 bits per heavy atom. The lowest BCUT2D eigenvalue weighted by molar-refractivity contribution is 0.103. The van der Waals surface area contributed by atoms with E-state index in [1.807, 2.05) is 18.2 Å². The van der Waals surface area contributed by atoms with Crippen molar-refractivity contribution < 1.29 is 14.3 Å². The molecule has 3 aromatic rings. The smallest absolute Gasteiger partial charge is 0.325 e. The van der Waals surface area contributed by atoms with Crippen LogP contribution in [0.3, 0.4) is 0 Å². The number of carbonyl (C=O) groups excluding carboxylic acids is 2. The first-order valence-electron chi connectivity index (χ1n) is 8.21. The highest BCUT2D eigenvalue weighted by Crippen LogP contribution is 2.26. The van der Waals surface area contributed by atoms with Gasteiger partial charge in [-0.3, -0.25) is 10.1 Å². The van der Waals surface area contributed by atoms with E-state index in [0.717, 1.165) is 15.8 Å². The van der Waals surface area contributed by atoms with Crippen LogP contribution in [0.25, 0.3) is 0 Å². The van der Waals surface area contributed by atoms with E-state index in [1.54, 1.807) is 37.3 Å². The molecule has 144 valence electrons. The van der Waals surface area contributed by atoms with Gasteiger partial charge in [-0.15, -0.1) is 0 Å². The first-order chi connectivity index (χ1) is 13.5. The van der Waals surface area contributed by atoms with Gasteiger partial charge in [0, 0.05) is 10.2 Å². The molecule has 0 spiro atoms. The summed E-state index contributed by atoms with van der Waals surface area (Å²) in [6.07, 6.45) is 0. The Hall–Kier alpha value is -2.91. The summed E-state index contributed by atoms with van der Waals surface area (Å²) in [5.74, 6) is 0.258. The van der Waals surface area contributed by atoms with Gasteiger partial charge in [-0.1, -0.05) is 45.5 Å². The van der Waals surface area contributed by atoms with Crippen molar-refractivity contribution in [2.75, 3.05) is 23.1 Å². The van der Waals surface area contributed by atoms with E-state index in [-0.39, 0.29) is 5.91 Å². The molecule has 0 fully saturated rings. The van der Waals surface area contributed by atoms with Gasteiger partial charge in [0.05, 0.1) is 18.5 Å². The second kappa shape index (κ2) is 8.85. The summed E-state index contributed by atoms with van der Waals surface area (Å²) in [6, 6.07) is 13.9. The molecule has 0 aliphatic carbocycles. The SMILES string of the molecule is COc1ccccc1NC(=O)Nc1nc(C)c(C(=O)Nc2cccc(Br)c2)s1. The van der Waals surface area contributed by atoms with E-state index in [0.29, 0.717) is 32.8 Å². The van der Waals surface area contributed by atoms with Crippen LogP contribution in [-0.2, 0) is 0 Å². The number of methoxy groups -OCH3 is 1. The first-order valence-corrected chi connectivity index (χ1v) is 9.82. The molecule has 3 N–H and O–H groups in total. The Labute approximate surface area is 174 Å². The highest BCUT2D eigenvalue weighted by molar-refractivity contribution is 9.10. The Kier molecular flexibility index (Phi) is 6.27. The number of hydrogen-bond acceptors (Lipinski definition) is 5. The minimum Gasteiger partial charge on any atom is -0.495 e. The van der Waals surface area contributed by atoms with Crippen LogP contribution in [0, 0.1) is 6.92 Å². The predicted octanol–water partition coefficient (Wildman–Crippen LogP) is 5.12. The monoisotopic (exact) mass is 460 g/mol. The lowest BCUT2D eigenvalue weighted by Gasteiger charge is -2.09. The lowest BCUT2D eigenvalue weighted by atomic mass is 10.3. The van der Waals surface area contributed by atoms with Crippen molar-refractivity contribution in [3.8, 4) is 5.75 Å². The molecule has 0 aliphatic rings. The Balaban J connectivity index is 1.68. The summed E-state index contributed by atoms with van der Waals surface area (Å²) in [5, 5.41) is 8.49. The third kappa shape index (κ3) is 4.87. The van der Waals surface area contributed by atoms with Crippen LogP contribution in [0.15, 0.2) is 53.0 Å². The number of aryl methyl sites for hydroxylation is 1. The second-order valence-corrected chi connectivity index (χ2v) is 7.59. The number of halogens is 1. The van der Waals surface area contributed by atoms with E-state index in [4.69, 9.17) is 4.74 Å². The average molecular weight is 461 g/mol. The standard InChI is InChI=1S/C19H17BrN4O3S/c1-11-16(17(25)22-13-7-5-6-12(20)10-13)28-19(21-11)24-18(26)23-14-8-3-4-9-15(14)27-2/h3-10H,1-2H3,(H,22,25)(H2,21,23,24,26). The number of thiazole rings is 1. The third-order valence-corrected chi connectivity index (χ3v) is 5.23. The van der Waals surface area contributed by atoms with Crippen molar-refractivity contribution in [1.82, 2.24) is 4.98 Å². The van der Waals surface area contributed by atoms with Crippen molar-refractivity contribution >= 4 is 55.7 Å². The van der Waals surface area contributed by atoms with Crippen LogP contribution in [0.1, 0.15) is 15.4 Å². The van der Waals surface area contributed by atoms with E-state index in [1.165, 1.54) is 7.11 Å². The maximum absolute atomic E-state index is 12.5. The fourth-order valence-corrected chi connectivity index (χ4v) is 3.67. The number of anilines is 3. The van der Waals surface area contributed by atoms with Crippen LogP contribution in [-0.4, -0.2) is 24.0 Å². The van der Waals surface area contributed by atoms with Crippen LogP contribution >= 0.6 is 27.3 Å². The number of nitrogens with one attached hydrogen (secondary N) is 3. The normalized spacial score (nSPS) is 10.2. The lowest BCUT2D eigenvalue weighted by Crippen LogP contribution is -2.19. The van der Waals surface area contributed by atoms with E-state index in [9.17, 15) is 9.59 Å². The first kappa shape index (κ1) is 19.8. The van der Waals surface area contributed by atoms with Gasteiger partial charge in [0.2, 0.25) is 0 Å². The molecule has 0 bridgehead atoms. The Bertz CT molecular complexity index is 1020. The van der Waals surface area contributed by atoms with E-state index >= 15 is 0 Å². The molecular weight excluding hydrogens is 444 g/mol. The number of nitrogens with zero attached hydrogens (tertiary/aromatic N) is 1. The summed E-state index contributed by atoms with van der Waals surface area (Å²) < 4.78 is 6.07. The van der Waals surface area contributed by atoms with Gasteiger partial charge < -0.3 is 15.4 Å². The molecule has 7 nitrogen and oxygen atoms in total. The van der Waals surface area contributed by atoms with Crippen molar-refractivity contribution in [2.24, 2.45) is 0 Å². The summed E-state index contributed by atoms with van der Waals surface area (Å²) in [4.78, 5) is 29.5. The highest BCUT2D eigenvalue weighted by Gasteiger charge is 2.17. The van der Waals surface area contributed by atoms with E-state index < -0.39 is 6.03 Å². The molecule has 3 amide bonds. The van der Waals surface area contributed by atoms with Gasteiger partial charge in [-0.05, 0) is 37.3 Å². The number of para-hydroxylation sites is 2. The molecule has 0 atom stereocenters. The third-order valence-electron chi connectivity index (χ3n) is 3.66. The second-order valence-electron chi connectivity index (χ2n) is 5.68. The van der Waals surface area contributed by atoms with Crippen molar-refractivity contribution in [3.63, 3.8) is 0 Å². The molecule has 1 heterocycles. The molecule has 0 saturated carbocycles. The number of benzene rings is 2. The largest absolute Gasteiger partial charge is 0.495 e. The zero-order valence-corrected chi connectivity index (χ0v) is 17.5. The summed E-state index contributed by atoms with van der Waals surface area (Å²) in [5.41, 5.74) is 1.73. The van der Waals surface area contributed by atoms with Crippen molar-refractivity contribution in [2.45, 2.75) is 6.92 Å². The molecule has 0 aliphatic heterocycles. The Morgan fingerprint density at radius 1 is 1.07 bits per heavy atom. The summed E-state index contributed by atoms with van der Waals surface area (Å²) in [7, 11) is 1.53. The van der Waals surface area contributed by atoms with Crippen LogP contribution in [0.4, 0.5) is 21.3 Å². The topological polar surface area (TPSA) is 92.3 Å². The molecule has 1 aromatic heterocycles. The molecule has 9 heteroatoms. The number of hydrogen-bond donors (Lipinski definition) is 3. The molecule has 28 heavy (non-hydrogen) atoms.